The Morgan fingerprint density at radius 1 is 0.373 bits per heavy atom. The quantitative estimate of drug-likeness (QED) is 0.158. The lowest BCUT2D eigenvalue weighted by Gasteiger charge is -2.26. The van der Waals surface area contributed by atoms with Crippen molar-refractivity contribution in [2.45, 2.75) is 0 Å². The SMILES string of the molecule is [C-]#[N+]c1c(-c2ccccc2)c(C#N)c(-n2c3ccccc3c3c(-n4c5ccccc5c5ccccc54)cccc32)c(-c2ccccc2)c1-n1c2c(ccc3c4ccccc4sc32)c2ccc3c4ccccc4sc3c21. The van der Waals surface area contributed by atoms with E-state index < -0.39 is 0 Å². The van der Waals surface area contributed by atoms with Crippen LogP contribution < -0.4 is 0 Å². The Kier molecular flexibility index (Phi) is 8.85. The monoisotopic (exact) mass is 987 g/mol. The summed E-state index contributed by atoms with van der Waals surface area (Å²) in [5.74, 6) is 0. The molecule has 0 spiro atoms. The van der Waals surface area contributed by atoms with E-state index in [1.807, 2.05) is 36.4 Å². The smallest absolute Gasteiger partial charge is 0.220 e. The molecule has 7 heteroatoms. The lowest BCUT2D eigenvalue weighted by Crippen LogP contribution is -2.09. The third kappa shape index (κ3) is 5.68. The van der Waals surface area contributed by atoms with Crippen LogP contribution in [0.3, 0.4) is 0 Å². The number of nitriles is 1. The second kappa shape index (κ2) is 15.9. The van der Waals surface area contributed by atoms with Crippen molar-refractivity contribution in [1.82, 2.24) is 13.7 Å². The molecule has 5 heterocycles. The van der Waals surface area contributed by atoms with Crippen LogP contribution in [0.25, 0.3) is 150 Å². The Morgan fingerprint density at radius 2 is 0.827 bits per heavy atom. The van der Waals surface area contributed by atoms with Crippen molar-refractivity contribution in [3.8, 4) is 45.4 Å². The highest BCUT2D eigenvalue weighted by atomic mass is 32.1. The maximum atomic E-state index is 12.2. The van der Waals surface area contributed by atoms with E-state index >= 15 is 0 Å². The fraction of sp³-hybridized carbons (Fsp3) is 0. The molecular weight excluding hydrogens is 951 g/mol. The van der Waals surface area contributed by atoms with Gasteiger partial charge in [-0.3, -0.25) is 0 Å². The summed E-state index contributed by atoms with van der Waals surface area (Å²) in [4.78, 5) is 4.68. The van der Waals surface area contributed by atoms with Crippen molar-refractivity contribution in [1.29, 1.82) is 5.26 Å². The molecule has 16 rings (SSSR count). The molecule has 0 aliphatic carbocycles. The fourth-order valence-corrected chi connectivity index (χ4v) is 15.0. The molecule has 0 saturated heterocycles. The van der Waals surface area contributed by atoms with Crippen LogP contribution in [-0.2, 0) is 0 Å². The number of rotatable bonds is 5. The van der Waals surface area contributed by atoms with E-state index in [2.05, 4.69) is 213 Å². The van der Waals surface area contributed by atoms with E-state index in [9.17, 15) is 11.8 Å². The summed E-state index contributed by atoms with van der Waals surface area (Å²) in [6.07, 6.45) is 0. The maximum absolute atomic E-state index is 12.2. The summed E-state index contributed by atoms with van der Waals surface area (Å²) in [6.45, 7) is 9.57. The Balaban J connectivity index is 1.18. The molecule has 0 N–H and O–H groups in total. The van der Waals surface area contributed by atoms with Gasteiger partial charge in [-0.1, -0.05) is 182 Å². The van der Waals surface area contributed by atoms with E-state index in [4.69, 9.17) is 0 Å². The predicted octanol–water partition coefficient (Wildman–Crippen LogP) is 19.5. The van der Waals surface area contributed by atoms with Gasteiger partial charge in [0.05, 0.1) is 71.7 Å². The van der Waals surface area contributed by atoms with E-state index in [1.165, 1.54) is 41.7 Å². The molecule has 0 saturated carbocycles. The van der Waals surface area contributed by atoms with Crippen molar-refractivity contribution >= 4 is 134 Å². The van der Waals surface area contributed by atoms with Crippen molar-refractivity contribution < 1.29 is 0 Å². The highest BCUT2D eigenvalue weighted by molar-refractivity contribution is 7.27. The standard InChI is InChI=1S/C68H37N5S2/c1-70-62-59(40-19-4-2-5-20-40)51(39-69)63(72-54-30-15-10-27-50(54)61-55(31-18-32-56(61)72)71-52-28-13-8-23-42(52)43-24-9-14-29-53(43)71)60(41-21-6-3-7-22-41)66(62)73-64-46(35-37-48-44-25-11-16-33-57(44)74-67(48)64)47-36-38-49-45-26-12-17-34-58(45)75-68(49)65(47)73/h2-38H. The first-order chi connectivity index (χ1) is 37.2. The van der Waals surface area contributed by atoms with Gasteiger partial charge in [-0.2, -0.15) is 5.26 Å². The maximum Gasteiger partial charge on any atom is 0.220 e. The Bertz CT molecular complexity index is 5030. The van der Waals surface area contributed by atoms with Gasteiger partial charge in [0.25, 0.3) is 0 Å². The van der Waals surface area contributed by atoms with Crippen molar-refractivity contribution in [2.24, 2.45) is 0 Å². The van der Waals surface area contributed by atoms with Gasteiger partial charge in [0.15, 0.2) is 0 Å². The van der Waals surface area contributed by atoms with Gasteiger partial charge in [0.1, 0.15) is 6.07 Å². The van der Waals surface area contributed by atoms with E-state index in [0.717, 1.165) is 97.8 Å². The van der Waals surface area contributed by atoms with Crippen LogP contribution in [0.4, 0.5) is 5.69 Å². The van der Waals surface area contributed by atoms with Crippen LogP contribution in [0.2, 0.25) is 0 Å². The molecule has 75 heavy (non-hydrogen) atoms. The molecule has 0 radical (unpaired) electrons. The van der Waals surface area contributed by atoms with Gasteiger partial charge in [-0.05, 0) is 53.6 Å². The summed E-state index contributed by atoms with van der Waals surface area (Å²) < 4.78 is 11.9. The molecule has 5 nitrogen and oxygen atoms in total. The molecule has 0 fully saturated rings. The minimum Gasteiger partial charge on any atom is -0.316 e. The van der Waals surface area contributed by atoms with E-state index in [1.54, 1.807) is 22.7 Å². The molecule has 16 aromatic rings. The molecule has 11 aromatic carbocycles. The van der Waals surface area contributed by atoms with Crippen LogP contribution in [-0.4, -0.2) is 13.7 Å². The summed E-state index contributed by atoms with van der Waals surface area (Å²) in [7, 11) is 0. The largest absolute Gasteiger partial charge is 0.316 e. The predicted molar refractivity (Wildman–Crippen MR) is 317 cm³/mol. The van der Waals surface area contributed by atoms with Crippen molar-refractivity contribution in [3.63, 3.8) is 0 Å². The van der Waals surface area contributed by atoms with Gasteiger partial charge in [0.2, 0.25) is 5.69 Å². The highest BCUT2D eigenvalue weighted by Gasteiger charge is 2.33. The highest BCUT2D eigenvalue weighted by Crippen LogP contribution is 2.55. The third-order valence-electron chi connectivity index (χ3n) is 15.5. The number of hydrogen-bond acceptors (Lipinski definition) is 3. The molecule has 0 unspecified atom stereocenters. The second-order valence-electron chi connectivity index (χ2n) is 19.2. The molecule has 5 aromatic heterocycles. The van der Waals surface area contributed by atoms with E-state index in [-0.39, 0.29) is 0 Å². The average Bonchev–Trinajstić information content (AvgIpc) is 4.46. The molecule has 346 valence electrons. The summed E-state index contributed by atoms with van der Waals surface area (Å²) in [5, 5.41) is 23.6. The number of hydrogen-bond donors (Lipinski definition) is 0. The number of aromatic nitrogens is 3. The van der Waals surface area contributed by atoms with Crippen LogP contribution in [0.5, 0.6) is 0 Å². The Morgan fingerprint density at radius 3 is 1.37 bits per heavy atom. The first kappa shape index (κ1) is 41.8. The van der Waals surface area contributed by atoms with Crippen LogP contribution in [0, 0.1) is 17.9 Å². The number of benzene rings is 11. The van der Waals surface area contributed by atoms with Crippen LogP contribution in [0.1, 0.15) is 5.56 Å². The zero-order valence-corrected chi connectivity index (χ0v) is 41.5. The number of thiophene rings is 2. The topological polar surface area (TPSA) is 42.9 Å². The van der Waals surface area contributed by atoms with E-state index in [0.29, 0.717) is 16.8 Å². The zero-order valence-electron chi connectivity index (χ0n) is 39.9. The molecular formula is C68H37N5S2. The van der Waals surface area contributed by atoms with Crippen molar-refractivity contribution in [3.05, 3.63) is 241 Å². The second-order valence-corrected chi connectivity index (χ2v) is 21.3. The first-order valence-electron chi connectivity index (χ1n) is 25.0. The zero-order chi connectivity index (χ0) is 49.5. The molecule has 0 aliphatic rings. The number of fused-ring (bicyclic) bond motifs is 17. The molecule has 0 aliphatic heterocycles. The minimum atomic E-state index is 0.419. The summed E-state index contributed by atoms with van der Waals surface area (Å²) >= 11 is 3.60. The number of nitrogens with zero attached hydrogens (tertiary/aromatic N) is 5. The van der Waals surface area contributed by atoms with Gasteiger partial charge < -0.3 is 13.7 Å². The lowest BCUT2D eigenvalue weighted by molar-refractivity contribution is 1.14. The van der Waals surface area contributed by atoms with Crippen LogP contribution >= 0.6 is 22.7 Å². The Hall–Kier alpha value is -9.76. The third-order valence-corrected chi connectivity index (χ3v) is 17.9. The van der Waals surface area contributed by atoms with Gasteiger partial charge in [-0.15, -0.1) is 22.7 Å². The summed E-state index contributed by atoms with van der Waals surface area (Å²) in [5.41, 5.74) is 12.7. The molecule has 0 amide bonds. The minimum absolute atomic E-state index is 0.419. The molecule has 0 bridgehead atoms. The van der Waals surface area contributed by atoms with Gasteiger partial charge in [0, 0.05) is 74.4 Å². The first-order valence-corrected chi connectivity index (χ1v) is 26.7. The molecule has 0 atom stereocenters. The Labute approximate surface area is 437 Å². The van der Waals surface area contributed by atoms with Crippen LogP contribution in [0.15, 0.2) is 224 Å². The average molecular weight is 988 g/mol. The normalized spacial score (nSPS) is 12.0. The number of para-hydroxylation sites is 3. The van der Waals surface area contributed by atoms with Gasteiger partial charge >= 0.3 is 0 Å². The van der Waals surface area contributed by atoms with Crippen molar-refractivity contribution in [2.75, 3.05) is 0 Å². The lowest BCUT2D eigenvalue weighted by atomic mass is 9.88. The fourth-order valence-electron chi connectivity index (χ4n) is 12.5. The van der Waals surface area contributed by atoms with Gasteiger partial charge in [-0.25, -0.2) is 4.85 Å². The summed E-state index contributed by atoms with van der Waals surface area (Å²) in [6, 6.07) is 82.5.